The Bertz CT molecular complexity index is 1110. The Morgan fingerprint density at radius 3 is 3.13 bits per heavy atom. The van der Waals surface area contributed by atoms with Crippen molar-refractivity contribution in [2.24, 2.45) is 11.3 Å². The van der Waals surface area contributed by atoms with Gasteiger partial charge in [0.1, 0.15) is 0 Å². The fourth-order valence-corrected chi connectivity index (χ4v) is 5.06. The summed E-state index contributed by atoms with van der Waals surface area (Å²) in [6.45, 7) is 4.59. The molecule has 2 aliphatic rings. The number of hydrogen-bond acceptors (Lipinski definition) is 7. The van der Waals surface area contributed by atoms with Crippen molar-refractivity contribution in [1.29, 1.82) is 0 Å². The second kappa shape index (κ2) is 7.44. The lowest BCUT2D eigenvalue weighted by Crippen LogP contribution is -2.47. The maximum Gasteiger partial charge on any atom is 0.253 e. The first-order chi connectivity index (χ1) is 14.5. The summed E-state index contributed by atoms with van der Waals surface area (Å²) in [6.07, 6.45) is 1.84. The molecule has 0 aliphatic carbocycles. The number of aromatic nitrogens is 4. The lowest BCUT2D eigenvalue weighted by molar-refractivity contribution is -0.131. The van der Waals surface area contributed by atoms with Crippen LogP contribution < -0.4 is 5.32 Å². The number of nitrogens with one attached hydrogen (secondary N) is 1. The van der Waals surface area contributed by atoms with Gasteiger partial charge in [-0.1, -0.05) is 5.21 Å². The summed E-state index contributed by atoms with van der Waals surface area (Å²) >= 11 is 1.51. The standard InChI is InChI=1S/C20H22N6O3S/c1-13-7-26(24-23-13)5-4-21-19(28)20-10-25(8-15(20)9-29-11-20)18(27)14-2-3-16-17(6-14)30-12-22-16/h2-3,6-7,12,15H,4-5,8-11H2,1H3,(H,21,28)/t15-,20-/m0/s1. The summed E-state index contributed by atoms with van der Waals surface area (Å²) in [7, 11) is 0. The maximum atomic E-state index is 13.1. The van der Waals surface area contributed by atoms with Crippen LogP contribution in [0.4, 0.5) is 0 Å². The highest BCUT2D eigenvalue weighted by molar-refractivity contribution is 7.16. The minimum Gasteiger partial charge on any atom is -0.380 e. The molecular weight excluding hydrogens is 404 g/mol. The largest absolute Gasteiger partial charge is 0.380 e. The van der Waals surface area contributed by atoms with E-state index in [1.165, 1.54) is 11.3 Å². The molecule has 9 nitrogen and oxygen atoms in total. The van der Waals surface area contributed by atoms with Crippen molar-refractivity contribution in [3.8, 4) is 0 Å². The van der Waals surface area contributed by atoms with Gasteiger partial charge in [0.25, 0.3) is 5.91 Å². The number of carbonyl (C=O) groups excluding carboxylic acids is 2. The summed E-state index contributed by atoms with van der Waals surface area (Å²) in [5.74, 6) is -0.109. The van der Waals surface area contributed by atoms with Gasteiger partial charge in [-0.2, -0.15) is 0 Å². The lowest BCUT2D eigenvalue weighted by Gasteiger charge is -2.26. The van der Waals surface area contributed by atoms with Crippen molar-refractivity contribution in [1.82, 2.24) is 30.2 Å². The van der Waals surface area contributed by atoms with E-state index in [4.69, 9.17) is 4.74 Å². The molecule has 0 saturated carbocycles. The Kier molecular flexibility index (Phi) is 4.75. The molecule has 4 heterocycles. The number of likely N-dealkylation sites (tertiary alicyclic amines) is 1. The van der Waals surface area contributed by atoms with Crippen LogP contribution in [0.1, 0.15) is 16.1 Å². The molecule has 2 aliphatic heterocycles. The number of benzene rings is 1. The Balaban J connectivity index is 1.27. The van der Waals surface area contributed by atoms with Gasteiger partial charge in [0.05, 0.1) is 46.6 Å². The van der Waals surface area contributed by atoms with Crippen LogP contribution in [0.3, 0.4) is 0 Å². The van der Waals surface area contributed by atoms with Crippen molar-refractivity contribution in [2.45, 2.75) is 13.5 Å². The summed E-state index contributed by atoms with van der Waals surface area (Å²) in [5, 5.41) is 11.0. The van der Waals surface area contributed by atoms with E-state index in [0.717, 1.165) is 15.9 Å². The molecule has 3 aromatic rings. The van der Waals surface area contributed by atoms with Crippen LogP contribution in [0.25, 0.3) is 10.2 Å². The average molecular weight is 427 g/mol. The molecule has 10 heteroatoms. The van der Waals surface area contributed by atoms with Crippen molar-refractivity contribution in [2.75, 3.05) is 32.8 Å². The van der Waals surface area contributed by atoms with Crippen LogP contribution in [0.15, 0.2) is 29.9 Å². The highest BCUT2D eigenvalue weighted by atomic mass is 32.1. The quantitative estimate of drug-likeness (QED) is 0.656. The van der Waals surface area contributed by atoms with Crippen LogP contribution in [0.2, 0.25) is 0 Å². The molecule has 1 N–H and O–H groups in total. The predicted molar refractivity (Wildman–Crippen MR) is 110 cm³/mol. The van der Waals surface area contributed by atoms with Crippen LogP contribution >= 0.6 is 11.3 Å². The van der Waals surface area contributed by atoms with Gasteiger partial charge in [0.15, 0.2) is 0 Å². The maximum absolute atomic E-state index is 13.1. The topological polar surface area (TPSA) is 102 Å². The molecule has 2 amide bonds. The SMILES string of the molecule is Cc1cn(CCNC(=O)[C@@]23COC[C@@H]2CN(C(=O)c2ccc4ncsc4c2)C3)nn1. The lowest BCUT2D eigenvalue weighted by atomic mass is 9.80. The van der Waals surface area contributed by atoms with E-state index >= 15 is 0 Å². The normalized spacial score (nSPS) is 23.1. The molecule has 0 radical (unpaired) electrons. The fourth-order valence-electron chi connectivity index (χ4n) is 4.35. The summed E-state index contributed by atoms with van der Waals surface area (Å²) in [6, 6.07) is 5.56. The van der Waals surface area contributed by atoms with E-state index in [2.05, 4.69) is 20.6 Å². The number of nitrogens with zero attached hydrogens (tertiary/aromatic N) is 5. The van der Waals surface area contributed by atoms with E-state index < -0.39 is 5.41 Å². The second-order valence-corrected chi connectivity index (χ2v) is 8.85. The molecule has 156 valence electrons. The zero-order valence-electron chi connectivity index (χ0n) is 16.6. The molecule has 30 heavy (non-hydrogen) atoms. The van der Waals surface area contributed by atoms with Crippen LogP contribution in [0.5, 0.6) is 0 Å². The van der Waals surface area contributed by atoms with E-state index in [1.54, 1.807) is 15.1 Å². The number of ether oxygens (including phenoxy) is 1. The second-order valence-electron chi connectivity index (χ2n) is 7.97. The first kappa shape index (κ1) is 19.1. The Hall–Kier alpha value is -2.85. The third-order valence-electron chi connectivity index (χ3n) is 5.97. The summed E-state index contributed by atoms with van der Waals surface area (Å²) in [5.41, 5.74) is 3.44. The van der Waals surface area contributed by atoms with Crippen LogP contribution in [0, 0.1) is 18.3 Å². The van der Waals surface area contributed by atoms with Gasteiger partial charge in [-0.05, 0) is 25.1 Å². The number of hydrogen-bond donors (Lipinski definition) is 1. The highest BCUT2D eigenvalue weighted by Gasteiger charge is 2.56. The van der Waals surface area contributed by atoms with Crippen LogP contribution in [-0.4, -0.2) is 69.5 Å². The molecule has 1 aromatic carbocycles. The number of carbonyl (C=O) groups is 2. The number of thiazole rings is 1. The molecular formula is C20H22N6O3S. The summed E-state index contributed by atoms with van der Waals surface area (Å²) in [4.78, 5) is 32.3. The minimum absolute atomic E-state index is 0.00204. The molecule has 2 atom stereocenters. The molecule has 0 bridgehead atoms. The van der Waals surface area contributed by atoms with Gasteiger partial charge >= 0.3 is 0 Å². The van der Waals surface area contributed by atoms with Gasteiger partial charge < -0.3 is 15.0 Å². The van der Waals surface area contributed by atoms with Gasteiger partial charge in [-0.15, -0.1) is 16.4 Å². The zero-order chi connectivity index (χ0) is 20.7. The summed E-state index contributed by atoms with van der Waals surface area (Å²) < 4.78 is 8.34. The number of rotatable bonds is 5. The molecule has 2 saturated heterocycles. The van der Waals surface area contributed by atoms with Gasteiger partial charge in [0.2, 0.25) is 5.91 Å². The molecule has 2 aromatic heterocycles. The average Bonchev–Trinajstić information content (AvgIpc) is 3.50. The number of fused-ring (bicyclic) bond motifs is 2. The van der Waals surface area contributed by atoms with E-state index in [9.17, 15) is 9.59 Å². The third-order valence-corrected chi connectivity index (χ3v) is 6.76. The van der Waals surface area contributed by atoms with Gasteiger partial charge in [-0.3, -0.25) is 14.3 Å². The number of amides is 2. The first-order valence-corrected chi connectivity index (χ1v) is 10.8. The smallest absolute Gasteiger partial charge is 0.253 e. The highest BCUT2D eigenvalue weighted by Crippen LogP contribution is 2.42. The predicted octanol–water partition coefficient (Wildman–Crippen LogP) is 1.10. The van der Waals surface area contributed by atoms with E-state index in [-0.39, 0.29) is 17.7 Å². The Morgan fingerprint density at radius 2 is 2.30 bits per heavy atom. The Morgan fingerprint density at radius 1 is 1.40 bits per heavy atom. The molecule has 0 unspecified atom stereocenters. The number of aryl methyl sites for hydroxylation is 1. The van der Waals surface area contributed by atoms with E-state index in [1.807, 2.05) is 31.3 Å². The van der Waals surface area contributed by atoms with Gasteiger partial charge in [-0.25, -0.2) is 4.98 Å². The third kappa shape index (κ3) is 3.25. The van der Waals surface area contributed by atoms with Crippen molar-refractivity contribution in [3.63, 3.8) is 0 Å². The Labute approximate surface area is 177 Å². The van der Waals surface area contributed by atoms with E-state index in [0.29, 0.717) is 45.0 Å². The monoisotopic (exact) mass is 426 g/mol. The van der Waals surface area contributed by atoms with Crippen molar-refractivity contribution in [3.05, 3.63) is 41.2 Å². The fraction of sp³-hybridized carbons (Fsp3) is 0.450. The van der Waals surface area contributed by atoms with Gasteiger partial charge in [0, 0.05) is 37.3 Å². The van der Waals surface area contributed by atoms with Crippen molar-refractivity contribution >= 4 is 33.4 Å². The zero-order valence-corrected chi connectivity index (χ0v) is 17.4. The first-order valence-electron chi connectivity index (χ1n) is 9.90. The molecule has 5 rings (SSSR count). The minimum atomic E-state index is -0.692. The van der Waals surface area contributed by atoms with Crippen molar-refractivity contribution < 1.29 is 14.3 Å². The van der Waals surface area contributed by atoms with Crippen LogP contribution in [-0.2, 0) is 16.1 Å². The molecule has 0 spiro atoms. The molecule has 2 fully saturated rings.